The van der Waals surface area contributed by atoms with Crippen molar-refractivity contribution in [2.45, 2.75) is 19.8 Å². The SMILES string of the molecule is CCOC(=O)C(C)c1ccc(Nc2nccs2)cc1. The zero-order chi connectivity index (χ0) is 13.7. The molecule has 0 bridgehead atoms. The second-order valence-electron chi connectivity index (χ2n) is 4.06. The molecule has 1 aromatic carbocycles. The van der Waals surface area contributed by atoms with Gasteiger partial charge in [-0.25, -0.2) is 4.98 Å². The molecular formula is C14H16N2O2S. The highest BCUT2D eigenvalue weighted by Crippen LogP contribution is 2.22. The molecular weight excluding hydrogens is 260 g/mol. The number of esters is 1. The molecule has 0 saturated heterocycles. The van der Waals surface area contributed by atoms with Crippen molar-refractivity contribution in [3.05, 3.63) is 41.4 Å². The molecule has 0 aliphatic heterocycles. The Hall–Kier alpha value is -1.88. The Labute approximate surface area is 116 Å². The third-order valence-corrected chi connectivity index (χ3v) is 3.42. The summed E-state index contributed by atoms with van der Waals surface area (Å²) in [6, 6.07) is 7.73. The number of carbonyl (C=O) groups excluding carboxylic acids is 1. The topological polar surface area (TPSA) is 51.2 Å². The molecule has 1 aromatic heterocycles. The number of carbonyl (C=O) groups is 1. The second-order valence-corrected chi connectivity index (χ2v) is 4.95. The molecule has 0 fully saturated rings. The highest BCUT2D eigenvalue weighted by atomic mass is 32.1. The van der Waals surface area contributed by atoms with Crippen LogP contribution in [-0.4, -0.2) is 17.6 Å². The molecule has 0 aliphatic carbocycles. The van der Waals surface area contributed by atoms with Crippen molar-refractivity contribution in [3.63, 3.8) is 0 Å². The monoisotopic (exact) mass is 276 g/mol. The summed E-state index contributed by atoms with van der Waals surface area (Å²) in [5.41, 5.74) is 1.90. The molecule has 0 radical (unpaired) electrons. The van der Waals surface area contributed by atoms with Gasteiger partial charge in [-0.3, -0.25) is 4.79 Å². The van der Waals surface area contributed by atoms with Gasteiger partial charge in [0.05, 0.1) is 12.5 Å². The van der Waals surface area contributed by atoms with Gasteiger partial charge in [0.2, 0.25) is 0 Å². The first-order valence-corrected chi connectivity index (χ1v) is 7.01. The van der Waals surface area contributed by atoms with Gasteiger partial charge in [0.15, 0.2) is 5.13 Å². The van der Waals surface area contributed by atoms with Crippen molar-refractivity contribution in [1.29, 1.82) is 0 Å². The third kappa shape index (κ3) is 3.54. The summed E-state index contributed by atoms with van der Waals surface area (Å²) in [6.45, 7) is 4.07. The summed E-state index contributed by atoms with van der Waals surface area (Å²) in [5, 5.41) is 5.96. The van der Waals surface area contributed by atoms with Crippen LogP contribution in [0.5, 0.6) is 0 Å². The molecule has 0 saturated carbocycles. The van der Waals surface area contributed by atoms with E-state index in [9.17, 15) is 4.79 Å². The predicted molar refractivity (Wildman–Crippen MR) is 76.9 cm³/mol. The number of anilines is 2. The van der Waals surface area contributed by atoms with E-state index < -0.39 is 0 Å². The highest BCUT2D eigenvalue weighted by molar-refractivity contribution is 7.13. The van der Waals surface area contributed by atoms with E-state index in [-0.39, 0.29) is 11.9 Å². The predicted octanol–water partition coefficient (Wildman–Crippen LogP) is 3.55. The zero-order valence-corrected chi connectivity index (χ0v) is 11.7. The van der Waals surface area contributed by atoms with E-state index in [1.807, 2.05) is 43.5 Å². The number of aromatic nitrogens is 1. The van der Waals surface area contributed by atoms with E-state index in [4.69, 9.17) is 4.74 Å². The molecule has 1 N–H and O–H groups in total. The number of hydrogen-bond acceptors (Lipinski definition) is 5. The lowest BCUT2D eigenvalue weighted by atomic mass is 10.0. The maximum Gasteiger partial charge on any atom is 0.313 e. The van der Waals surface area contributed by atoms with E-state index in [0.29, 0.717) is 6.61 Å². The Balaban J connectivity index is 2.03. The number of ether oxygens (including phenoxy) is 1. The van der Waals surface area contributed by atoms with Gasteiger partial charge in [-0.15, -0.1) is 11.3 Å². The van der Waals surface area contributed by atoms with Gasteiger partial charge in [-0.05, 0) is 31.5 Å². The standard InChI is InChI=1S/C14H16N2O2S/c1-3-18-13(17)10(2)11-4-6-12(7-5-11)16-14-15-8-9-19-14/h4-10H,3H2,1-2H3,(H,15,16). The van der Waals surface area contributed by atoms with Gasteiger partial charge in [0.1, 0.15) is 0 Å². The molecule has 0 spiro atoms. The quantitative estimate of drug-likeness (QED) is 0.848. The highest BCUT2D eigenvalue weighted by Gasteiger charge is 2.15. The van der Waals surface area contributed by atoms with Crippen LogP contribution in [0.1, 0.15) is 25.3 Å². The Bertz CT molecular complexity index is 523. The third-order valence-electron chi connectivity index (χ3n) is 2.73. The van der Waals surface area contributed by atoms with Crippen LogP contribution in [0.4, 0.5) is 10.8 Å². The fourth-order valence-electron chi connectivity index (χ4n) is 1.67. The number of nitrogens with zero attached hydrogens (tertiary/aromatic N) is 1. The Morgan fingerprint density at radius 3 is 2.74 bits per heavy atom. The molecule has 0 aliphatic rings. The molecule has 5 heteroatoms. The lowest BCUT2D eigenvalue weighted by molar-refractivity contribution is -0.144. The second kappa shape index (κ2) is 6.33. The maximum absolute atomic E-state index is 11.6. The summed E-state index contributed by atoms with van der Waals surface area (Å²) in [7, 11) is 0. The first-order valence-electron chi connectivity index (χ1n) is 6.14. The van der Waals surface area contributed by atoms with E-state index in [1.165, 1.54) is 0 Å². The number of benzene rings is 1. The van der Waals surface area contributed by atoms with Crippen LogP contribution < -0.4 is 5.32 Å². The fourth-order valence-corrected chi connectivity index (χ4v) is 2.22. The largest absolute Gasteiger partial charge is 0.466 e. The zero-order valence-electron chi connectivity index (χ0n) is 10.9. The molecule has 1 unspecified atom stereocenters. The van der Waals surface area contributed by atoms with Crippen LogP contribution in [0.3, 0.4) is 0 Å². The lowest BCUT2D eigenvalue weighted by Gasteiger charge is -2.11. The van der Waals surface area contributed by atoms with Gasteiger partial charge in [-0.1, -0.05) is 12.1 Å². The van der Waals surface area contributed by atoms with Crippen LogP contribution in [0.2, 0.25) is 0 Å². The smallest absolute Gasteiger partial charge is 0.313 e. The fraction of sp³-hybridized carbons (Fsp3) is 0.286. The summed E-state index contributed by atoms with van der Waals surface area (Å²) in [6.07, 6.45) is 1.75. The van der Waals surface area contributed by atoms with Gasteiger partial charge >= 0.3 is 5.97 Å². The normalized spacial score (nSPS) is 11.9. The van der Waals surface area contributed by atoms with Crippen LogP contribution in [-0.2, 0) is 9.53 Å². The minimum atomic E-state index is -0.242. The van der Waals surface area contributed by atoms with Crippen molar-refractivity contribution >= 4 is 28.1 Å². The van der Waals surface area contributed by atoms with Crippen molar-refractivity contribution in [3.8, 4) is 0 Å². The first kappa shape index (κ1) is 13.5. The molecule has 4 nitrogen and oxygen atoms in total. The summed E-state index contributed by atoms with van der Waals surface area (Å²) < 4.78 is 5.01. The van der Waals surface area contributed by atoms with E-state index >= 15 is 0 Å². The number of hydrogen-bond donors (Lipinski definition) is 1. The van der Waals surface area contributed by atoms with Crippen LogP contribution in [0, 0.1) is 0 Å². The Morgan fingerprint density at radius 2 is 2.16 bits per heavy atom. The minimum absolute atomic E-state index is 0.192. The van der Waals surface area contributed by atoms with Crippen molar-refractivity contribution < 1.29 is 9.53 Å². The van der Waals surface area contributed by atoms with Gasteiger partial charge in [0, 0.05) is 17.3 Å². The molecule has 100 valence electrons. The summed E-state index contributed by atoms with van der Waals surface area (Å²) >= 11 is 1.54. The Morgan fingerprint density at radius 1 is 1.42 bits per heavy atom. The number of thiazole rings is 1. The lowest BCUT2D eigenvalue weighted by Crippen LogP contribution is -2.12. The maximum atomic E-state index is 11.6. The van der Waals surface area contributed by atoms with Crippen LogP contribution in [0.25, 0.3) is 0 Å². The molecule has 2 rings (SSSR count). The van der Waals surface area contributed by atoms with Gasteiger partial charge < -0.3 is 10.1 Å². The number of nitrogens with one attached hydrogen (secondary N) is 1. The average Bonchev–Trinajstić information content (AvgIpc) is 2.92. The summed E-state index contributed by atoms with van der Waals surface area (Å²) in [4.78, 5) is 15.8. The molecule has 1 atom stereocenters. The Kier molecular flexibility index (Phi) is 4.52. The van der Waals surface area contributed by atoms with E-state index in [2.05, 4.69) is 10.3 Å². The van der Waals surface area contributed by atoms with E-state index in [1.54, 1.807) is 17.5 Å². The molecule has 2 aromatic rings. The molecule has 1 heterocycles. The van der Waals surface area contributed by atoms with E-state index in [0.717, 1.165) is 16.4 Å². The van der Waals surface area contributed by atoms with Crippen LogP contribution >= 0.6 is 11.3 Å². The molecule has 19 heavy (non-hydrogen) atoms. The van der Waals surface area contributed by atoms with Gasteiger partial charge in [0.25, 0.3) is 0 Å². The van der Waals surface area contributed by atoms with Crippen molar-refractivity contribution in [1.82, 2.24) is 4.98 Å². The van der Waals surface area contributed by atoms with Crippen molar-refractivity contribution in [2.75, 3.05) is 11.9 Å². The molecule has 0 amide bonds. The summed E-state index contributed by atoms with van der Waals surface area (Å²) in [5.74, 6) is -0.433. The van der Waals surface area contributed by atoms with Crippen LogP contribution in [0.15, 0.2) is 35.8 Å². The van der Waals surface area contributed by atoms with Crippen molar-refractivity contribution in [2.24, 2.45) is 0 Å². The van der Waals surface area contributed by atoms with Gasteiger partial charge in [-0.2, -0.15) is 0 Å². The average molecular weight is 276 g/mol. The first-order chi connectivity index (χ1) is 9.20. The minimum Gasteiger partial charge on any atom is -0.466 e. The number of rotatable bonds is 5.